The van der Waals surface area contributed by atoms with E-state index in [1.165, 1.54) is 0 Å². The first-order chi connectivity index (χ1) is 9.78. The highest BCUT2D eigenvalue weighted by atomic mass is 16.5. The van der Waals surface area contributed by atoms with Gasteiger partial charge in [-0.1, -0.05) is 18.2 Å². The lowest BCUT2D eigenvalue weighted by Crippen LogP contribution is -2.04. The van der Waals surface area contributed by atoms with Gasteiger partial charge in [0.05, 0.1) is 19.9 Å². The molecule has 0 aliphatic heterocycles. The van der Waals surface area contributed by atoms with Gasteiger partial charge in [-0.05, 0) is 18.2 Å². The second-order valence-corrected chi connectivity index (χ2v) is 4.40. The first-order valence-electron chi connectivity index (χ1n) is 6.26. The Kier molecular flexibility index (Phi) is 3.16. The Balaban J connectivity index is 1.92. The first kappa shape index (κ1) is 12.3. The Hall–Kier alpha value is -2.69. The van der Waals surface area contributed by atoms with Gasteiger partial charge in [-0.2, -0.15) is 0 Å². The lowest BCUT2D eigenvalue weighted by molar-refractivity contribution is 0.408. The average molecular weight is 269 g/mol. The second-order valence-electron chi connectivity index (χ2n) is 4.40. The van der Waals surface area contributed by atoms with Crippen LogP contribution in [0.4, 0.5) is 5.95 Å². The third-order valence-corrected chi connectivity index (χ3v) is 3.11. The maximum absolute atomic E-state index is 5.96. The normalized spacial score (nSPS) is 10.7. The Labute approximate surface area is 116 Å². The molecule has 0 atom stereocenters. The van der Waals surface area contributed by atoms with Gasteiger partial charge in [-0.15, -0.1) is 0 Å². The summed E-state index contributed by atoms with van der Waals surface area (Å²) in [5, 5.41) is 0. The van der Waals surface area contributed by atoms with Gasteiger partial charge in [0.25, 0.3) is 0 Å². The second kappa shape index (κ2) is 5.13. The van der Waals surface area contributed by atoms with Crippen molar-refractivity contribution in [2.24, 2.45) is 0 Å². The van der Waals surface area contributed by atoms with E-state index < -0.39 is 0 Å². The Morgan fingerprint density at radius 3 is 2.85 bits per heavy atom. The number of hydrogen-bond acceptors (Lipinski definition) is 4. The first-order valence-corrected chi connectivity index (χ1v) is 6.26. The summed E-state index contributed by atoms with van der Waals surface area (Å²) >= 11 is 0. The van der Waals surface area contributed by atoms with Gasteiger partial charge in [-0.25, -0.2) is 4.98 Å². The van der Waals surface area contributed by atoms with Crippen molar-refractivity contribution in [1.29, 1.82) is 0 Å². The zero-order chi connectivity index (χ0) is 13.9. The van der Waals surface area contributed by atoms with Crippen LogP contribution in [-0.2, 0) is 6.54 Å². The van der Waals surface area contributed by atoms with Crippen molar-refractivity contribution in [3.63, 3.8) is 0 Å². The predicted molar refractivity (Wildman–Crippen MR) is 76.4 cm³/mol. The highest BCUT2D eigenvalue weighted by Gasteiger charge is 2.11. The molecule has 0 aliphatic rings. The summed E-state index contributed by atoms with van der Waals surface area (Å²) in [4.78, 5) is 4.31. The van der Waals surface area contributed by atoms with Gasteiger partial charge >= 0.3 is 0 Å². The Morgan fingerprint density at radius 1 is 1.25 bits per heavy atom. The monoisotopic (exact) mass is 269 g/mol. The van der Waals surface area contributed by atoms with Crippen molar-refractivity contribution in [1.82, 2.24) is 9.55 Å². The molecule has 20 heavy (non-hydrogen) atoms. The van der Waals surface area contributed by atoms with Crippen LogP contribution in [0.25, 0.3) is 11.5 Å². The minimum atomic E-state index is 0.447. The molecule has 0 spiro atoms. The van der Waals surface area contributed by atoms with E-state index in [9.17, 15) is 0 Å². The number of rotatable bonds is 4. The molecule has 5 heteroatoms. The van der Waals surface area contributed by atoms with Crippen LogP contribution in [0.2, 0.25) is 0 Å². The molecule has 102 valence electrons. The fraction of sp³-hybridized carbons (Fsp3) is 0.133. The molecule has 0 radical (unpaired) electrons. The van der Waals surface area contributed by atoms with Gasteiger partial charge in [0.1, 0.15) is 11.4 Å². The molecule has 0 aliphatic carbocycles. The maximum atomic E-state index is 5.96. The van der Waals surface area contributed by atoms with E-state index in [1.807, 2.05) is 47.2 Å². The molecular formula is C15H15N3O2. The number of hydrogen-bond donors (Lipinski definition) is 1. The van der Waals surface area contributed by atoms with Crippen LogP contribution >= 0.6 is 0 Å². The summed E-state index contributed by atoms with van der Waals surface area (Å²) in [6, 6.07) is 11.5. The quantitative estimate of drug-likeness (QED) is 0.791. The number of nitrogens with two attached hydrogens (primary N) is 1. The molecule has 0 saturated carbocycles. The number of furan rings is 1. The number of ether oxygens (including phenoxy) is 1. The number of nitrogen functional groups attached to an aromatic ring is 1. The van der Waals surface area contributed by atoms with Crippen molar-refractivity contribution >= 4 is 5.95 Å². The summed E-state index contributed by atoms with van der Waals surface area (Å²) in [6.45, 7) is 0.601. The van der Waals surface area contributed by atoms with Crippen LogP contribution in [0.1, 0.15) is 5.56 Å². The van der Waals surface area contributed by atoms with Gasteiger partial charge in [0.2, 0.25) is 5.95 Å². The molecular weight excluding hydrogens is 254 g/mol. The SMILES string of the molecule is COc1ccccc1Cn1cc(-c2ccco2)nc1N. The molecule has 5 nitrogen and oxygen atoms in total. The number of imidazole rings is 1. The number of para-hydroxylation sites is 1. The number of anilines is 1. The number of nitrogens with zero attached hydrogens (tertiary/aromatic N) is 2. The zero-order valence-electron chi connectivity index (χ0n) is 11.1. The van der Waals surface area contributed by atoms with E-state index in [2.05, 4.69) is 4.98 Å². The highest BCUT2D eigenvalue weighted by Crippen LogP contribution is 2.23. The van der Waals surface area contributed by atoms with E-state index in [0.717, 1.165) is 17.0 Å². The summed E-state index contributed by atoms with van der Waals surface area (Å²) in [7, 11) is 1.66. The van der Waals surface area contributed by atoms with Gasteiger partial charge in [0.15, 0.2) is 5.76 Å². The fourth-order valence-corrected chi connectivity index (χ4v) is 2.12. The molecule has 3 rings (SSSR count). The molecule has 0 unspecified atom stereocenters. The van der Waals surface area contributed by atoms with E-state index in [0.29, 0.717) is 18.3 Å². The lowest BCUT2D eigenvalue weighted by Gasteiger charge is -2.09. The average Bonchev–Trinajstić information content (AvgIpc) is 3.10. The molecule has 2 aromatic heterocycles. The van der Waals surface area contributed by atoms with E-state index in [-0.39, 0.29) is 0 Å². The molecule has 2 heterocycles. The minimum absolute atomic E-state index is 0.447. The minimum Gasteiger partial charge on any atom is -0.496 e. The van der Waals surface area contributed by atoms with Crippen LogP contribution in [0.3, 0.4) is 0 Å². The standard InChI is InChI=1S/C15H15N3O2/c1-19-13-6-3-2-5-11(13)9-18-10-12(17-15(18)16)14-7-4-8-20-14/h2-8,10H,9H2,1H3,(H2,16,17). The summed E-state index contributed by atoms with van der Waals surface area (Å²) in [5.41, 5.74) is 7.73. The molecule has 0 bridgehead atoms. The molecule has 0 saturated heterocycles. The van der Waals surface area contributed by atoms with Crippen LogP contribution in [-0.4, -0.2) is 16.7 Å². The van der Waals surface area contributed by atoms with Crippen LogP contribution in [0.15, 0.2) is 53.3 Å². The van der Waals surface area contributed by atoms with Gasteiger partial charge in [0, 0.05) is 11.8 Å². The third kappa shape index (κ3) is 2.25. The van der Waals surface area contributed by atoms with E-state index >= 15 is 0 Å². The number of aromatic nitrogens is 2. The maximum Gasteiger partial charge on any atom is 0.201 e. The van der Waals surface area contributed by atoms with Crippen LogP contribution in [0.5, 0.6) is 5.75 Å². The topological polar surface area (TPSA) is 66.2 Å². The van der Waals surface area contributed by atoms with Crippen molar-refractivity contribution < 1.29 is 9.15 Å². The fourth-order valence-electron chi connectivity index (χ4n) is 2.12. The van der Waals surface area contributed by atoms with Crippen molar-refractivity contribution in [2.45, 2.75) is 6.54 Å². The van der Waals surface area contributed by atoms with Gasteiger partial charge in [-0.3, -0.25) is 0 Å². The zero-order valence-corrected chi connectivity index (χ0v) is 11.1. The van der Waals surface area contributed by atoms with Crippen molar-refractivity contribution in [3.05, 3.63) is 54.4 Å². The molecule has 0 fully saturated rings. The Morgan fingerprint density at radius 2 is 2.10 bits per heavy atom. The molecule has 1 aromatic carbocycles. The predicted octanol–water partition coefficient (Wildman–Crippen LogP) is 2.78. The van der Waals surface area contributed by atoms with E-state index in [4.69, 9.17) is 14.9 Å². The molecule has 2 N–H and O–H groups in total. The number of benzene rings is 1. The number of methoxy groups -OCH3 is 1. The Bertz CT molecular complexity index is 702. The summed E-state index contributed by atoms with van der Waals surface area (Å²) < 4.78 is 12.5. The lowest BCUT2D eigenvalue weighted by atomic mass is 10.2. The molecule has 3 aromatic rings. The van der Waals surface area contributed by atoms with Crippen molar-refractivity contribution in [3.8, 4) is 17.2 Å². The van der Waals surface area contributed by atoms with Crippen LogP contribution < -0.4 is 10.5 Å². The summed E-state index contributed by atoms with van der Waals surface area (Å²) in [6.07, 6.45) is 3.49. The van der Waals surface area contributed by atoms with E-state index in [1.54, 1.807) is 13.4 Å². The third-order valence-electron chi connectivity index (χ3n) is 3.11. The van der Waals surface area contributed by atoms with Gasteiger partial charge < -0.3 is 19.5 Å². The molecule has 0 amide bonds. The van der Waals surface area contributed by atoms with Crippen molar-refractivity contribution in [2.75, 3.05) is 12.8 Å². The smallest absolute Gasteiger partial charge is 0.201 e. The highest BCUT2D eigenvalue weighted by molar-refractivity contribution is 5.53. The largest absolute Gasteiger partial charge is 0.496 e. The van der Waals surface area contributed by atoms with Crippen LogP contribution in [0, 0.1) is 0 Å². The summed E-state index contributed by atoms with van der Waals surface area (Å²) in [5.74, 6) is 1.98.